The Labute approximate surface area is 138 Å². The Morgan fingerprint density at radius 2 is 1.67 bits per heavy atom. The van der Waals surface area contributed by atoms with Gasteiger partial charge in [-0.25, -0.2) is 4.39 Å². The van der Waals surface area contributed by atoms with Crippen LogP contribution in [-0.2, 0) is 0 Å². The van der Waals surface area contributed by atoms with Crippen LogP contribution in [0.2, 0.25) is 5.02 Å². The van der Waals surface area contributed by atoms with Crippen molar-refractivity contribution in [3.63, 3.8) is 0 Å². The summed E-state index contributed by atoms with van der Waals surface area (Å²) in [6, 6.07) is 7.14. The fourth-order valence-electron chi connectivity index (χ4n) is 2.84. The standard InChI is InChI=1S/C17H18BrClFN/c1-9-5-10(2)16(11(3)6-9)12(4)21-17-14(18)7-13(20)8-15(17)19/h5-8,12,21H,1-4H3. The summed E-state index contributed by atoms with van der Waals surface area (Å²) in [7, 11) is 0. The summed E-state index contributed by atoms with van der Waals surface area (Å²) in [5, 5.41) is 3.75. The second-order valence-electron chi connectivity index (χ2n) is 5.42. The summed E-state index contributed by atoms with van der Waals surface area (Å²) >= 11 is 9.50. The van der Waals surface area contributed by atoms with E-state index < -0.39 is 0 Å². The maximum absolute atomic E-state index is 13.3. The maximum atomic E-state index is 13.3. The molecule has 0 heterocycles. The molecule has 1 atom stereocenters. The van der Waals surface area contributed by atoms with Gasteiger partial charge in [-0.3, -0.25) is 0 Å². The van der Waals surface area contributed by atoms with Gasteiger partial charge in [0, 0.05) is 10.5 Å². The molecule has 0 aromatic heterocycles. The van der Waals surface area contributed by atoms with E-state index in [-0.39, 0.29) is 11.9 Å². The van der Waals surface area contributed by atoms with Gasteiger partial charge in [0.05, 0.1) is 10.7 Å². The SMILES string of the molecule is Cc1cc(C)c(C(C)Nc2c(Cl)cc(F)cc2Br)c(C)c1. The smallest absolute Gasteiger partial charge is 0.125 e. The van der Waals surface area contributed by atoms with E-state index >= 15 is 0 Å². The Morgan fingerprint density at radius 3 is 2.19 bits per heavy atom. The number of halogens is 3. The van der Waals surface area contributed by atoms with Crippen LogP contribution in [0, 0.1) is 26.6 Å². The van der Waals surface area contributed by atoms with E-state index in [2.05, 4.69) is 61.1 Å². The molecule has 0 aliphatic carbocycles. The van der Waals surface area contributed by atoms with Crippen LogP contribution >= 0.6 is 27.5 Å². The van der Waals surface area contributed by atoms with Crippen LogP contribution in [0.15, 0.2) is 28.7 Å². The normalized spacial score (nSPS) is 12.3. The van der Waals surface area contributed by atoms with Crippen LogP contribution in [0.25, 0.3) is 0 Å². The van der Waals surface area contributed by atoms with Crippen molar-refractivity contribution in [2.45, 2.75) is 33.7 Å². The molecular formula is C17H18BrClFN. The van der Waals surface area contributed by atoms with E-state index in [1.807, 2.05) is 0 Å². The zero-order valence-corrected chi connectivity index (χ0v) is 14.9. The van der Waals surface area contributed by atoms with Gasteiger partial charge in [-0.2, -0.15) is 0 Å². The van der Waals surface area contributed by atoms with Gasteiger partial charge in [0.15, 0.2) is 0 Å². The van der Waals surface area contributed by atoms with Crippen molar-refractivity contribution in [3.05, 3.63) is 61.8 Å². The minimum Gasteiger partial charge on any atom is -0.376 e. The van der Waals surface area contributed by atoms with Crippen molar-refractivity contribution in [1.29, 1.82) is 0 Å². The Balaban J connectivity index is 2.37. The van der Waals surface area contributed by atoms with Crippen LogP contribution < -0.4 is 5.32 Å². The molecule has 0 amide bonds. The first-order chi connectivity index (χ1) is 9.79. The summed E-state index contributed by atoms with van der Waals surface area (Å²) in [6.45, 7) is 8.38. The average molecular weight is 371 g/mol. The molecule has 0 saturated heterocycles. The summed E-state index contributed by atoms with van der Waals surface area (Å²) in [6.07, 6.45) is 0. The highest BCUT2D eigenvalue weighted by Gasteiger charge is 2.15. The number of hydrogen-bond acceptors (Lipinski definition) is 1. The van der Waals surface area contributed by atoms with Gasteiger partial charge in [0.25, 0.3) is 0 Å². The van der Waals surface area contributed by atoms with Gasteiger partial charge in [0.1, 0.15) is 5.82 Å². The fourth-order valence-corrected chi connectivity index (χ4v) is 3.76. The third kappa shape index (κ3) is 3.58. The van der Waals surface area contributed by atoms with Crippen LogP contribution in [-0.4, -0.2) is 0 Å². The first-order valence-electron chi connectivity index (χ1n) is 6.78. The largest absolute Gasteiger partial charge is 0.376 e. The van der Waals surface area contributed by atoms with Gasteiger partial charge < -0.3 is 5.32 Å². The predicted molar refractivity (Wildman–Crippen MR) is 91.8 cm³/mol. The molecule has 0 bridgehead atoms. The molecular weight excluding hydrogens is 353 g/mol. The molecule has 112 valence electrons. The van der Waals surface area contributed by atoms with Crippen LogP contribution in [0.1, 0.15) is 35.2 Å². The summed E-state index contributed by atoms with van der Waals surface area (Å²) in [4.78, 5) is 0. The number of benzene rings is 2. The van der Waals surface area contributed by atoms with Crippen molar-refractivity contribution >= 4 is 33.2 Å². The van der Waals surface area contributed by atoms with Gasteiger partial charge >= 0.3 is 0 Å². The Hall–Kier alpha value is -1.06. The number of hydrogen-bond donors (Lipinski definition) is 1. The first-order valence-corrected chi connectivity index (χ1v) is 7.95. The lowest BCUT2D eigenvalue weighted by atomic mass is 9.95. The van der Waals surface area contributed by atoms with Crippen molar-refractivity contribution in [3.8, 4) is 0 Å². The second kappa shape index (κ2) is 6.37. The summed E-state index contributed by atoms with van der Waals surface area (Å²) < 4.78 is 13.9. The van der Waals surface area contributed by atoms with Crippen LogP contribution in [0.3, 0.4) is 0 Å². The van der Waals surface area contributed by atoms with E-state index in [0.29, 0.717) is 15.2 Å². The fraction of sp³-hybridized carbons (Fsp3) is 0.294. The molecule has 0 fully saturated rings. The third-order valence-corrected chi connectivity index (χ3v) is 4.46. The molecule has 0 saturated carbocycles. The zero-order valence-electron chi connectivity index (χ0n) is 12.5. The molecule has 1 nitrogen and oxygen atoms in total. The van der Waals surface area contributed by atoms with E-state index in [0.717, 1.165) is 0 Å². The van der Waals surface area contributed by atoms with Crippen molar-refractivity contribution in [1.82, 2.24) is 0 Å². The molecule has 4 heteroatoms. The first kappa shape index (κ1) is 16.3. The van der Waals surface area contributed by atoms with Gasteiger partial charge in [-0.15, -0.1) is 0 Å². The zero-order chi connectivity index (χ0) is 15.7. The summed E-state index contributed by atoms with van der Waals surface area (Å²) in [5.41, 5.74) is 5.68. The number of anilines is 1. The molecule has 2 rings (SSSR count). The predicted octanol–water partition coefficient (Wildman–Crippen LogP) is 6.34. The molecule has 2 aromatic carbocycles. The Bertz CT molecular complexity index is 638. The minimum absolute atomic E-state index is 0.0739. The molecule has 0 radical (unpaired) electrons. The van der Waals surface area contributed by atoms with Crippen LogP contribution in [0.5, 0.6) is 0 Å². The lowest BCUT2D eigenvalue weighted by Crippen LogP contribution is -2.11. The van der Waals surface area contributed by atoms with Crippen molar-refractivity contribution < 1.29 is 4.39 Å². The molecule has 2 aromatic rings. The van der Waals surface area contributed by atoms with Gasteiger partial charge in [0.2, 0.25) is 0 Å². The number of nitrogens with one attached hydrogen (secondary N) is 1. The lowest BCUT2D eigenvalue weighted by molar-refractivity contribution is 0.627. The topological polar surface area (TPSA) is 12.0 Å². The Morgan fingerprint density at radius 1 is 1.10 bits per heavy atom. The van der Waals surface area contributed by atoms with Gasteiger partial charge in [-0.1, -0.05) is 29.3 Å². The molecule has 0 aliphatic rings. The molecule has 1 N–H and O–H groups in total. The molecule has 0 spiro atoms. The average Bonchev–Trinajstić information content (AvgIpc) is 2.32. The lowest BCUT2D eigenvalue weighted by Gasteiger charge is -2.22. The quantitative estimate of drug-likeness (QED) is 0.664. The van der Waals surface area contributed by atoms with E-state index in [9.17, 15) is 4.39 Å². The molecule has 1 unspecified atom stereocenters. The highest BCUT2D eigenvalue weighted by atomic mass is 79.9. The number of rotatable bonds is 3. The molecule has 21 heavy (non-hydrogen) atoms. The van der Waals surface area contributed by atoms with E-state index in [1.165, 1.54) is 34.4 Å². The second-order valence-corrected chi connectivity index (χ2v) is 6.68. The van der Waals surface area contributed by atoms with Gasteiger partial charge in [-0.05, 0) is 72.4 Å². The third-order valence-electron chi connectivity index (χ3n) is 3.54. The maximum Gasteiger partial charge on any atom is 0.125 e. The Kier molecular flexibility index (Phi) is 4.95. The number of aryl methyl sites for hydroxylation is 3. The molecule has 0 aliphatic heterocycles. The summed E-state index contributed by atoms with van der Waals surface area (Å²) in [5.74, 6) is -0.354. The highest BCUT2D eigenvalue weighted by Crippen LogP contribution is 2.35. The van der Waals surface area contributed by atoms with E-state index in [1.54, 1.807) is 0 Å². The highest BCUT2D eigenvalue weighted by molar-refractivity contribution is 9.10. The minimum atomic E-state index is -0.354. The monoisotopic (exact) mass is 369 g/mol. The van der Waals surface area contributed by atoms with Crippen molar-refractivity contribution in [2.75, 3.05) is 5.32 Å². The van der Waals surface area contributed by atoms with E-state index in [4.69, 9.17) is 11.6 Å². The van der Waals surface area contributed by atoms with Crippen molar-refractivity contribution in [2.24, 2.45) is 0 Å². The van der Waals surface area contributed by atoms with Crippen LogP contribution in [0.4, 0.5) is 10.1 Å².